The zero-order chi connectivity index (χ0) is 9.26. The molecule has 0 aromatic heterocycles. The molecular weight excluding hydrogens is 158 g/mol. The lowest BCUT2D eigenvalue weighted by atomic mass is 9.91. The first kappa shape index (κ1) is 8.76. The SMILES string of the molecule is CC[C@H]1Cc2c(C)cccc2CN1. The van der Waals surface area contributed by atoms with Gasteiger partial charge in [-0.25, -0.2) is 0 Å². The normalized spacial score (nSPS) is 21.2. The van der Waals surface area contributed by atoms with Crippen LogP contribution in [0.15, 0.2) is 18.2 Å². The third-order valence-corrected chi connectivity index (χ3v) is 3.03. The van der Waals surface area contributed by atoms with Gasteiger partial charge in [0.25, 0.3) is 0 Å². The Hall–Kier alpha value is -0.820. The van der Waals surface area contributed by atoms with Crippen molar-refractivity contribution < 1.29 is 0 Å². The largest absolute Gasteiger partial charge is 0.310 e. The second-order valence-corrected chi connectivity index (χ2v) is 3.90. The highest BCUT2D eigenvalue weighted by molar-refractivity contribution is 5.36. The summed E-state index contributed by atoms with van der Waals surface area (Å²) >= 11 is 0. The minimum absolute atomic E-state index is 0.689. The molecule has 0 saturated carbocycles. The van der Waals surface area contributed by atoms with Crippen molar-refractivity contribution in [3.63, 3.8) is 0 Å². The summed E-state index contributed by atoms with van der Waals surface area (Å²) in [6, 6.07) is 7.30. The van der Waals surface area contributed by atoms with Crippen molar-refractivity contribution in [2.75, 3.05) is 0 Å². The Balaban J connectivity index is 2.32. The van der Waals surface area contributed by atoms with Gasteiger partial charge in [-0.2, -0.15) is 0 Å². The minimum atomic E-state index is 0.689. The van der Waals surface area contributed by atoms with Crippen LogP contribution in [0.4, 0.5) is 0 Å². The maximum Gasteiger partial charge on any atom is 0.0211 e. The number of hydrogen-bond donors (Lipinski definition) is 1. The molecule has 0 fully saturated rings. The molecule has 0 unspecified atom stereocenters. The monoisotopic (exact) mass is 175 g/mol. The molecule has 70 valence electrons. The van der Waals surface area contributed by atoms with E-state index >= 15 is 0 Å². The number of rotatable bonds is 1. The summed E-state index contributed by atoms with van der Waals surface area (Å²) in [6.07, 6.45) is 2.44. The van der Waals surface area contributed by atoms with Gasteiger partial charge in [0.15, 0.2) is 0 Å². The molecular formula is C12H17N. The Bertz CT molecular complexity index is 304. The summed E-state index contributed by atoms with van der Waals surface area (Å²) in [5.74, 6) is 0. The quantitative estimate of drug-likeness (QED) is 0.691. The van der Waals surface area contributed by atoms with Crippen molar-refractivity contribution in [2.45, 2.75) is 39.3 Å². The standard InChI is InChI=1S/C12H17N/c1-3-11-7-12-9(2)5-4-6-10(12)8-13-11/h4-6,11,13H,3,7-8H2,1-2H3/t11-/m0/s1. The fourth-order valence-electron chi connectivity index (χ4n) is 2.08. The Kier molecular flexibility index (Phi) is 2.36. The molecule has 2 rings (SSSR count). The zero-order valence-electron chi connectivity index (χ0n) is 8.43. The topological polar surface area (TPSA) is 12.0 Å². The van der Waals surface area contributed by atoms with E-state index in [-0.39, 0.29) is 0 Å². The molecule has 0 radical (unpaired) electrons. The molecule has 13 heavy (non-hydrogen) atoms. The fourth-order valence-corrected chi connectivity index (χ4v) is 2.08. The molecule has 1 heterocycles. The minimum Gasteiger partial charge on any atom is -0.310 e. The molecule has 0 aliphatic carbocycles. The Morgan fingerprint density at radius 2 is 2.31 bits per heavy atom. The Morgan fingerprint density at radius 3 is 3.08 bits per heavy atom. The van der Waals surface area contributed by atoms with Crippen molar-refractivity contribution in [1.82, 2.24) is 5.32 Å². The smallest absolute Gasteiger partial charge is 0.0211 e. The average Bonchev–Trinajstić information content (AvgIpc) is 2.18. The van der Waals surface area contributed by atoms with E-state index in [4.69, 9.17) is 0 Å². The number of hydrogen-bond acceptors (Lipinski definition) is 1. The van der Waals surface area contributed by atoms with E-state index in [9.17, 15) is 0 Å². The lowest BCUT2D eigenvalue weighted by Gasteiger charge is -2.26. The molecule has 1 aromatic rings. The summed E-state index contributed by atoms with van der Waals surface area (Å²) in [5.41, 5.74) is 4.52. The highest BCUT2D eigenvalue weighted by Gasteiger charge is 2.16. The van der Waals surface area contributed by atoms with Crippen LogP contribution in [0.3, 0.4) is 0 Å². The van der Waals surface area contributed by atoms with Crippen molar-refractivity contribution in [1.29, 1.82) is 0 Å². The fraction of sp³-hybridized carbons (Fsp3) is 0.500. The van der Waals surface area contributed by atoms with Gasteiger partial charge in [0.05, 0.1) is 0 Å². The van der Waals surface area contributed by atoms with E-state index in [2.05, 4.69) is 37.4 Å². The summed E-state index contributed by atoms with van der Waals surface area (Å²) < 4.78 is 0. The lowest BCUT2D eigenvalue weighted by molar-refractivity contribution is 0.466. The van der Waals surface area contributed by atoms with Crippen LogP contribution in [0.5, 0.6) is 0 Å². The predicted molar refractivity (Wildman–Crippen MR) is 55.8 cm³/mol. The summed E-state index contributed by atoms with van der Waals surface area (Å²) in [6.45, 7) is 5.52. The van der Waals surface area contributed by atoms with Crippen molar-refractivity contribution in [3.8, 4) is 0 Å². The summed E-state index contributed by atoms with van der Waals surface area (Å²) in [7, 11) is 0. The molecule has 1 aromatic carbocycles. The molecule has 1 atom stereocenters. The van der Waals surface area contributed by atoms with Crippen LogP contribution in [-0.2, 0) is 13.0 Å². The van der Waals surface area contributed by atoms with Gasteiger partial charge in [-0.3, -0.25) is 0 Å². The van der Waals surface area contributed by atoms with E-state index in [0.717, 1.165) is 6.54 Å². The lowest BCUT2D eigenvalue weighted by Crippen LogP contribution is -2.35. The van der Waals surface area contributed by atoms with Crippen molar-refractivity contribution in [3.05, 3.63) is 34.9 Å². The summed E-state index contributed by atoms with van der Waals surface area (Å²) in [4.78, 5) is 0. The van der Waals surface area contributed by atoms with E-state index < -0.39 is 0 Å². The van der Waals surface area contributed by atoms with Gasteiger partial charge in [-0.15, -0.1) is 0 Å². The van der Waals surface area contributed by atoms with Gasteiger partial charge < -0.3 is 5.32 Å². The summed E-state index contributed by atoms with van der Waals surface area (Å²) in [5, 5.41) is 3.55. The predicted octanol–water partition coefficient (Wildman–Crippen LogP) is 2.42. The molecule has 0 saturated heterocycles. The van der Waals surface area contributed by atoms with E-state index in [1.807, 2.05) is 0 Å². The number of fused-ring (bicyclic) bond motifs is 1. The van der Waals surface area contributed by atoms with Gasteiger partial charge in [0, 0.05) is 12.6 Å². The Morgan fingerprint density at radius 1 is 1.46 bits per heavy atom. The molecule has 0 bridgehead atoms. The van der Waals surface area contributed by atoms with E-state index in [1.165, 1.54) is 24.0 Å². The van der Waals surface area contributed by atoms with Crippen molar-refractivity contribution in [2.24, 2.45) is 0 Å². The van der Waals surface area contributed by atoms with E-state index in [0.29, 0.717) is 6.04 Å². The number of benzene rings is 1. The van der Waals surface area contributed by atoms with Crippen LogP contribution in [-0.4, -0.2) is 6.04 Å². The molecule has 1 nitrogen and oxygen atoms in total. The second-order valence-electron chi connectivity index (χ2n) is 3.90. The van der Waals surface area contributed by atoms with Gasteiger partial charge in [0.1, 0.15) is 0 Å². The van der Waals surface area contributed by atoms with Gasteiger partial charge in [-0.1, -0.05) is 25.1 Å². The second kappa shape index (κ2) is 3.51. The van der Waals surface area contributed by atoms with Gasteiger partial charge in [0.2, 0.25) is 0 Å². The number of nitrogens with one attached hydrogen (secondary N) is 1. The third-order valence-electron chi connectivity index (χ3n) is 3.03. The highest BCUT2D eigenvalue weighted by atomic mass is 14.9. The van der Waals surface area contributed by atoms with Crippen LogP contribution in [0.2, 0.25) is 0 Å². The third kappa shape index (κ3) is 1.61. The molecule has 1 heteroatoms. The average molecular weight is 175 g/mol. The van der Waals surface area contributed by atoms with Crippen LogP contribution in [0.1, 0.15) is 30.0 Å². The zero-order valence-corrected chi connectivity index (χ0v) is 8.43. The van der Waals surface area contributed by atoms with Crippen LogP contribution >= 0.6 is 0 Å². The van der Waals surface area contributed by atoms with Gasteiger partial charge >= 0.3 is 0 Å². The molecule has 0 amide bonds. The van der Waals surface area contributed by atoms with Crippen LogP contribution in [0.25, 0.3) is 0 Å². The first-order valence-corrected chi connectivity index (χ1v) is 5.12. The molecule has 1 aliphatic heterocycles. The van der Waals surface area contributed by atoms with Crippen LogP contribution < -0.4 is 5.32 Å². The van der Waals surface area contributed by atoms with Crippen molar-refractivity contribution >= 4 is 0 Å². The Labute approximate surface area is 80.2 Å². The van der Waals surface area contributed by atoms with Gasteiger partial charge in [-0.05, 0) is 36.5 Å². The first-order chi connectivity index (χ1) is 6.31. The maximum absolute atomic E-state index is 3.55. The molecule has 1 N–H and O–H groups in total. The molecule has 0 spiro atoms. The maximum atomic E-state index is 3.55. The number of aryl methyl sites for hydroxylation is 1. The van der Waals surface area contributed by atoms with Crippen LogP contribution in [0, 0.1) is 6.92 Å². The van der Waals surface area contributed by atoms with E-state index in [1.54, 1.807) is 5.56 Å². The molecule has 1 aliphatic rings. The first-order valence-electron chi connectivity index (χ1n) is 5.12. The highest BCUT2D eigenvalue weighted by Crippen LogP contribution is 2.21.